The molecule has 2 aromatic heterocycles. The van der Waals surface area contributed by atoms with E-state index < -0.39 is 5.97 Å². The van der Waals surface area contributed by atoms with E-state index in [1.807, 2.05) is 18.2 Å². The molecule has 0 saturated carbocycles. The number of aromatic nitrogens is 3. The molecule has 4 aromatic rings. The van der Waals surface area contributed by atoms with E-state index in [4.69, 9.17) is 25.8 Å². The molecule has 0 unspecified atom stereocenters. The van der Waals surface area contributed by atoms with Gasteiger partial charge in [-0.15, -0.1) is 0 Å². The lowest BCUT2D eigenvalue weighted by Gasteiger charge is -2.01. The van der Waals surface area contributed by atoms with Crippen LogP contribution in [0, 0.1) is 6.92 Å². The standard InChI is InChI=1S/C19H12ClN3O4/c1-10-15(16(22-26-10)13-7-2-3-8-14(13)20)18-21-17(23-27-18)11-5-4-6-12(9-11)19(24)25/h2-9H,1H3,(H,24,25). The Balaban J connectivity index is 1.79. The van der Waals surface area contributed by atoms with Gasteiger partial charge in [-0.25, -0.2) is 4.79 Å². The minimum absolute atomic E-state index is 0.136. The van der Waals surface area contributed by atoms with E-state index in [-0.39, 0.29) is 17.3 Å². The lowest BCUT2D eigenvalue weighted by molar-refractivity contribution is 0.0697. The number of benzene rings is 2. The van der Waals surface area contributed by atoms with Crippen LogP contribution in [0.15, 0.2) is 57.6 Å². The molecule has 0 atom stereocenters. The Hall–Kier alpha value is -3.45. The van der Waals surface area contributed by atoms with E-state index in [0.29, 0.717) is 33.2 Å². The van der Waals surface area contributed by atoms with Gasteiger partial charge in [-0.2, -0.15) is 4.98 Å². The summed E-state index contributed by atoms with van der Waals surface area (Å²) in [6, 6.07) is 13.5. The fraction of sp³-hybridized carbons (Fsp3) is 0.0526. The van der Waals surface area contributed by atoms with Crippen molar-refractivity contribution in [2.75, 3.05) is 0 Å². The van der Waals surface area contributed by atoms with Crippen LogP contribution in [0.5, 0.6) is 0 Å². The van der Waals surface area contributed by atoms with Crippen molar-refractivity contribution in [3.63, 3.8) is 0 Å². The van der Waals surface area contributed by atoms with Crippen molar-refractivity contribution >= 4 is 17.6 Å². The molecule has 134 valence electrons. The zero-order valence-electron chi connectivity index (χ0n) is 14.0. The summed E-state index contributed by atoms with van der Waals surface area (Å²) in [4.78, 5) is 15.5. The number of aromatic carboxylic acids is 1. The van der Waals surface area contributed by atoms with Crippen LogP contribution in [0.2, 0.25) is 5.02 Å². The van der Waals surface area contributed by atoms with Crippen molar-refractivity contribution in [3.8, 4) is 34.1 Å². The van der Waals surface area contributed by atoms with E-state index >= 15 is 0 Å². The third kappa shape index (κ3) is 3.09. The van der Waals surface area contributed by atoms with Crippen LogP contribution < -0.4 is 0 Å². The van der Waals surface area contributed by atoms with Crippen LogP contribution >= 0.6 is 11.6 Å². The molecule has 1 N–H and O–H groups in total. The van der Waals surface area contributed by atoms with Crippen LogP contribution in [0.3, 0.4) is 0 Å². The van der Waals surface area contributed by atoms with Gasteiger partial charge in [0.05, 0.1) is 10.6 Å². The highest BCUT2D eigenvalue weighted by Crippen LogP contribution is 2.37. The van der Waals surface area contributed by atoms with E-state index in [2.05, 4.69) is 15.3 Å². The molecule has 0 radical (unpaired) electrons. The summed E-state index contributed by atoms with van der Waals surface area (Å²) >= 11 is 6.27. The highest BCUT2D eigenvalue weighted by Gasteiger charge is 2.24. The van der Waals surface area contributed by atoms with Crippen LogP contribution in [0.1, 0.15) is 16.1 Å². The quantitative estimate of drug-likeness (QED) is 0.545. The summed E-state index contributed by atoms with van der Waals surface area (Å²) in [5.41, 5.74) is 2.37. The topological polar surface area (TPSA) is 102 Å². The first kappa shape index (κ1) is 17.0. The first-order valence-corrected chi connectivity index (χ1v) is 8.31. The maximum absolute atomic E-state index is 11.2. The van der Waals surface area contributed by atoms with Gasteiger partial charge in [0.25, 0.3) is 5.89 Å². The number of rotatable bonds is 4. The number of nitrogens with zero attached hydrogens (tertiary/aromatic N) is 3. The van der Waals surface area contributed by atoms with E-state index in [0.717, 1.165) is 0 Å². The molecule has 0 aliphatic heterocycles. The second-order valence-corrected chi connectivity index (χ2v) is 6.16. The summed E-state index contributed by atoms with van der Waals surface area (Å²) in [5, 5.41) is 17.7. The van der Waals surface area contributed by atoms with Crippen molar-refractivity contribution in [2.24, 2.45) is 0 Å². The number of hydrogen-bond donors (Lipinski definition) is 1. The smallest absolute Gasteiger partial charge is 0.335 e. The first-order chi connectivity index (χ1) is 13.0. The summed E-state index contributed by atoms with van der Waals surface area (Å²) in [6.45, 7) is 1.73. The third-order valence-electron chi connectivity index (χ3n) is 4.00. The summed E-state index contributed by atoms with van der Waals surface area (Å²) in [7, 11) is 0. The monoisotopic (exact) mass is 381 g/mol. The molecule has 0 fully saturated rings. The molecule has 0 spiro atoms. The molecule has 0 aliphatic rings. The molecule has 7 nitrogen and oxygen atoms in total. The molecule has 8 heteroatoms. The van der Waals surface area contributed by atoms with Crippen molar-refractivity contribution in [1.29, 1.82) is 0 Å². The van der Waals surface area contributed by atoms with Gasteiger partial charge in [0.2, 0.25) is 5.82 Å². The highest BCUT2D eigenvalue weighted by atomic mass is 35.5. The fourth-order valence-corrected chi connectivity index (χ4v) is 2.92. The number of aryl methyl sites for hydroxylation is 1. The number of carboxylic acid groups (broad SMARTS) is 1. The van der Waals surface area contributed by atoms with Gasteiger partial charge in [0.15, 0.2) is 0 Å². The van der Waals surface area contributed by atoms with Crippen LogP contribution in [0.4, 0.5) is 0 Å². The zero-order valence-corrected chi connectivity index (χ0v) is 14.8. The molecule has 0 aliphatic carbocycles. The maximum atomic E-state index is 11.2. The predicted molar refractivity (Wildman–Crippen MR) is 97.4 cm³/mol. The van der Waals surface area contributed by atoms with Gasteiger partial charge < -0.3 is 14.2 Å². The Labute approximate surface area is 158 Å². The van der Waals surface area contributed by atoms with E-state index in [1.165, 1.54) is 12.1 Å². The number of halogens is 1. The minimum Gasteiger partial charge on any atom is -0.478 e. The Kier molecular flexibility index (Phi) is 4.21. The van der Waals surface area contributed by atoms with Crippen molar-refractivity contribution in [2.45, 2.75) is 6.92 Å². The van der Waals surface area contributed by atoms with E-state index in [9.17, 15) is 4.79 Å². The maximum Gasteiger partial charge on any atom is 0.335 e. The average Bonchev–Trinajstić information content (AvgIpc) is 3.29. The minimum atomic E-state index is -1.03. The van der Waals surface area contributed by atoms with E-state index in [1.54, 1.807) is 25.1 Å². The van der Waals surface area contributed by atoms with Gasteiger partial charge in [0, 0.05) is 11.1 Å². The summed E-state index contributed by atoms with van der Waals surface area (Å²) in [6.07, 6.45) is 0. The second-order valence-electron chi connectivity index (χ2n) is 5.75. The van der Waals surface area contributed by atoms with Crippen LogP contribution in [0.25, 0.3) is 34.1 Å². The normalized spacial score (nSPS) is 10.9. The highest BCUT2D eigenvalue weighted by molar-refractivity contribution is 6.33. The summed E-state index contributed by atoms with van der Waals surface area (Å²) < 4.78 is 10.7. The Morgan fingerprint density at radius 1 is 1.07 bits per heavy atom. The molecule has 27 heavy (non-hydrogen) atoms. The largest absolute Gasteiger partial charge is 0.478 e. The number of carboxylic acids is 1. The van der Waals surface area contributed by atoms with Gasteiger partial charge in [-0.1, -0.05) is 52.2 Å². The second kappa shape index (κ2) is 6.69. The zero-order chi connectivity index (χ0) is 19.0. The van der Waals surface area contributed by atoms with Crippen LogP contribution in [-0.2, 0) is 0 Å². The SMILES string of the molecule is Cc1onc(-c2ccccc2Cl)c1-c1nc(-c2cccc(C(=O)O)c2)no1. The van der Waals surface area contributed by atoms with Crippen molar-refractivity contribution in [3.05, 3.63) is 64.9 Å². The van der Waals surface area contributed by atoms with Gasteiger partial charge >= 0.3 is 5.97 Å². The molecular formula is C19H12ClN3O4. The van der Waals surface area contributed by atoms with Crippen molar-refractivity contribution in [1.82, 2.24) is 15.3 Å². The molecule has 2 aromatic carbocycles. The first-order valence-electron chi connectivity index (χ1n) is 7.93. The lowest BCUT2D eigenvalue weighted by atomic mass is 10.1. The number of hydrogen-bond acceptors (Lipinski definition) is 6. The molecule has 0 amide bonds. The van der Waals surface area contributed by atoms with Gasteiger partial charge in [-0.05, 0) is 25.1 Å². The Morgan fingerprint density at radius 2 is 1.89 bits per heavy atom. The van der Waals surface area contributed by atoms with Gasteiger partial charge in [0.1, 0.15) is 17.0 Å². The molecule has 0 bridgehead atoms. The number of carbonyl (C=O) groups is 1. The molecule has 0 saturated heterocycles. The Morgan fingerprint density at radius 3 is 2.67 bits per heavy atom. The predicted octanol–water partition coefficient (Wildman–Crippen LogP) is 4.72. The van der Waals surface area contributed by atoms with Gasteiger partial charge in [-0.3, -0.25) is 0 Å². The third-order valence-corrected chi connectivity index (χ3v) is 4.33. The fourth-order valence-electron chi connectivity index (χ4n) is 2.69. The average molecular weight is 382 g/mol. The van der Waals surface area contributed by atoms with Crippen LogP contribution in [-0.4, -0.2) is 26.4 Å². The molecule has 4 rings (SSSR count). The molecule has 2 heterocycles. The lowest BCUT2D eigenvalue weighted by Crippen LogP contribution is -1.96. The van der Waals surface area contributed by atoms with Crippen molar-refractivity contribution < 1.29 is 18.9 Å². The molecular weight excluding hydrogens is 370 g/mol. The summed E-state index contributed by atoms with van der Waals surface area (Å²) in [5.74, 6) is -0.0611. The Bertz CT molecular complexity index is 1150.